The van der Waals surface area contributed by atoms with Gasteiger partial charge in [-0.2, -0.15) is 0 Å². The summed E-state index contributed by atoms with van der Waals surface area (Å²) in [5.74, 6) is 0. The first-order valence-corrected chi connectivity index (χ1v) is 9.48. The highest BCUT2D eigenvalue weighted by molar-refractivity contribution is 5.63. The van der Waals surface area contributed by atoms with Gasteiger partial charge in [-0.3, -0.25) is 4.90 Å². The molecule has 0 radical (unpaired) electrons. The molecule has 0 aliphatic carbocycles. The summed E-state index contributed by atoms with van der Waals surface area (Å²) in [5.41, 5.74) is 4.09. The van der Waals surface area contributed by atoms with Gasteiger partial charge in [-0.15, -0.1) is 0 Å². The molecular formula is C22H30N2. The van der Waals surface area contributed by atoms with Crippen molar-refractivity contribution in [2.24, 2.45) is 0 Å². The highest BCUT2D eigenvalue weighted by atomic mass is 15.2. The molecule has 1 fully saturated rings. The SMILES string of the molecule is CCCCC[C@@H](c1ccc(-c2ccccc2)cc1)N1CCNCC1. The van der Waals surface area contributed by atoms with Crippen molar-refractivity contribution >= 4 is 0 Å². The van der Waals surface area contributed by atoms with Crippen LogP contribution in [0.25, 0.3) is 11.1 Å². The first-order valence-electron chi connectivity index (χ1n) is 9.48. The minimum absolute atomic E-state index is 0.573. The highest BCUT2D eigenvalue weighted by Crippen LogP contribution is 2.29. The van der Waals surface area contributed by atoms with Gasteiger partial charge in [-0.05, 0) is 23.1 Å². The molecule has 1 heterocycles. The molecule has 0 unspecified atom stereocenters. The van der Waals surface area contributed by atoms with Gasteiger partial charge in [0.15, 0.2) is 0 Å². The van der Waals surface area contributed by atoms with Crippen LogP contribution in [-0.4, -0.2) is 31.1 Å². The number of hydrogen-bond acceptors (Lipinski definition) is 2. The zero-order valence-electron chi connectivity index (χ0n) is 14.9. The molecule has 1 aliphatic heterocycles. The average molecular weight is 322 g/mol. The molecule has 0 saturated carbocycles. The minimum atomic E-state index is 0.573. The van der Waals surface area contributed by atoms with Crippen LogP contribution in [0.3, 0.4) is 0 Å². The van der Waals surface area contributed by atoms with Gasteiger partial charge in [0.25, 0.3) is 0 Å². The lowest BCUT2D eigenvalue weighted by atomic mass is 9.96. The molecule has 3 rings (SSSR count). The number of nitrogens with zero attached hydrogens (tertiary/aromatic N) is 1. The van der Waals surface area contributed by atoms with E-state index in [2.05, 4.69) is 71.7 Å². The van der Waals surface area contributed by atoms with Crippen molar-refractivity contribution in [2.45, 2.75) is 38.6 Å². The molecule has 2 aromatic carbocycles. The molecule has 24 heavy (non-hydrogen) atoms. The number of piperazine rings is 1. The Kier molecular flexibility index (Phi) is 6.45. The summed E-state index contributed by atoms with van der Waals surface area (Å²) in [6.07, 6.45) is 5.23. The predicted molar refractivity (Wildman–Crippen MR) is 103 cm³/mol. The third-order valence-corrected chi connectivity index (χ3v) is 5.08. The largest absolute Gasteiger partial charge is 0.314 e. The summed E-state index contributed by atoms with van der Waals surface area (Å²) in [4.78, 5) is 2.67. The molecule has 1 aliphatic rings. The fraction of sp³-hybridized carbons (Fsp3) is 0.455. The van der Waals surface area contributed by atoms with E-state index in [0.717, 1.165) is 26.2 Å². The second-order valence-electron chi connectivity index (χ2n) is 6.79. The molecule has 0 bridgehead atoms. The van der Waals surface area contributed by atoms with E-state index in [0.29, 0.717) is 6.04 Å². The summed E-state index contributed by atoms with van der Waals surface area (Å²) >= 11 is 0. The molecular weight excluding hydrogens is 292 g/mol. The predicted octanol–water partition coefficient (Wildman–Crippen LogP) is 4.88. The zero-order chi connectivity index (χ0) is 16.6. The monoisotopic (exact) mass is 322 g/mol. The lowest BCUT2D eigenvalue weighted by Crippen LogP contribution is -2.45. The van der Waals surface area contributed by atoms with E-state index < -0.39 is 0 Å². The standard InChI is InChI=1S/C22H30N2/c1-2-3-5-10-22(24-17-15-23-16-18-24)21-13-11-20(12-14-21)19-8-6-4-7-9-19/h4,6-9,11-14,22-23H,2-3,5,10,15-18H2,1H3/t22-/m0/s1. The van der Waals surface area contributed by atoms with Crippen molar-refractivity contribution in [3.8, 4) is 11.1 Å². The maximum Gasteiger partial charge on any atom is 0.0349 e. The zero-order valence-corrected chi connectivity index (χ0v) is 14.9. The van der Waals surface area contributed by atoms with Crippen molar-refractivity contribution in [3.63, 3.8) is 0 Å². The van der Waals surface area contributed by atoms with Crippen molar-refractivity contribution in [1.29, 1.82) is 0 Å². The van der Waals surface area contributed by atoms with Crippen molar-refractivity contribution < 1.29 is 0 Å². The van der Waals surface area contributed by atoms with Crippen LogP contribution in [0.2, 0.25) is 0 Å². The Morgan fingerprint density at radius 1 is 0.875 bits per heavy atom. The number of benzene rings is 2. The lowest BCUT2D eigenvalue weighted by Gasteiger charge is -2.35. The normalized spacial score (nSPS) is 16.9. The van der Waals surface area contributed by atoms with E-state index in [1.807, 2.05) is 0 Å². The molecule has 0 spiro atoms. The molecule has 1 saturated heterocycles. The van der Waals surface area contributed by atoms with Crippen LogP contribution in [0.15, 0.2) is 54.6 Å². The molecule has 0 aromatic heterocycles. The van der Waals surface area contributed by atoms with E-state index in [-0.39, 0.29) is 0 Å². The maximum absolute atomic E-state index is 3.48. The Hall–Kier alpha value is -1.64. The second-order valence-corrected chi connectivity index (χ2v) is 6.79. The van der Waals surface area contributed by atoms with Crippen LogP contribution >= 0.6 is 0 Å². The molecule has 128 valence electrons. The molecule has 2 aromatic rings. The van der Waals surface area contributed by atoms with Gasteiger partial charge in [0.1, 0.15) is 0 Å². The third kappa shape index (κ3) is 4.46. The van der Waals surface area contributed by atoms with Crippen LogP contribution in [0.5, 0.6) is 0 Å². The lowest BCUT2D eigenvalue weighted by molar-refractivity contribution is 0.163. The fourth-order valence-electron chi connectivity index (χ4n) is 3.67. The van der Waals surface area contributed by atoms with E-state index >= 15 is 0 Å². The van der Waals surface area contributed by atoms with Crippen molar-refractivity contribution in [1.82, 2.24) is 10.2 Å². The van der Waals surface area contributed by atoms with Crippen LogP contribution in [0.4, 0.5) is 0 Å². The average Bonchev–Trinajstić information content (AvgIpc) is 2.67. The first kappa shape index (κ1) is 17.2. The van der Waals surface area contributed by atoms with E-state index in [1.165, 1.54) is 42.4 Å². The second kappa shape index (κ2) is 9.00. The minimum Gasteiger partial charge on any atom is -0.314 e. The third-order valence-electron chi connectivity index (χ3n) is 5.08. The summed E-state index contributed by atoms with van der Waals surface area (Å²) in [6, 6.07) is 20.5. The summed E-state index contributed by atoms with van der Waals surface area (Å²) in [5, 5.41) is 3.48. The first-order chi connectivity index (χ1) is 11.9. The molecule has 1 N–H and O–H groups in total. The highest BCUT2D eigenvalue weighted by Gasteiger charge is 2.21. The number of nitrogens with one attached hydrogen (secondary N) is 1. The maximum atomic E-state index is 3.48. The van der Waals surface area contributed by atoms with E-state index in [1.54, 1.807) is 0 Å². The van der Waals surface area contributed by atoms with Crippen LogP contribution < -0.4 is 5.32 Å². The van der Waals surface area contributed by atoms with Crippen molar-refractivity contribution in [2.75, 3.05) is 26.2 Å². The number of rotatable bonds is 7. The quantitative estimate of drug-likeness (QED) is 0.731. The van der Waals surface area contributed by atoms with Crippen molar-refractivity contribution in [3.05, 3.63) is 60.2 Å². The fourth-order valence-corrected chi connectivity index (χ4v) is 3.67. The molecule has 2 heteroatoms. The Morgan fingerprint density at radius 3 is 2.21 bits per heavy atom. The van der Waals surface area contributed by atoms with E-state index in [9.17, 15) is 0 Å². The van der Waals surface area contributed by atoms with Gasteiger partial charge in [-0.25, -0.2) is 0 Å². The Morgan fingerprint density at radius 2 is 1.54 bits per heavy atom. The number of hydrogen-bond donors (Lipinski definition) is 1. The molecule has 2 nitrogen and oxygen atoms in total. The Balaban J connectivity index is 1.76. The number of unbranched alkanes of at least 4 members (excludes halogenated alkanes) is 2. The van der Waals surface area contributed by atoms with Crippen LogP contribution in [-0.2, 0) is 0 Å². The van der Waals surface area contributed by atoms with Crippen LogP contribution in [0, 0.1) is 0 Å². The summed E-state index contributed by atoms with van der Waals surface area (Å²) < 4.78 is 0. The van der Waals surface area contributed by atoms with Gasteiger partial charge in [-0.1, -0.05) is 80.8 Å². The van der Waals surface area contributed by atoms with Gasteiger partial charge in [0.05, 0.1) is 0 Å². The summed E-state index contributed by atoms with van der Waals surface area (Å²) in [6.45, 7) is 6.85. The van der Waals surface area contributed by atoms with Gasteiger partial charge < -0.3 is 5.32 Å². The van der Waals surface area contributed by atoms with E-state index in [4.69, 9.17) is 0 Å². The van der Waals surface area contributed by atoms with Gasteiger partial charge in [0, 0.05) is 32.2 Å². The summed E-state index contributed by atoms with van der Waals surface area (Å²) in [7, 11) is 0. The van der Waals surface area contributed by atoms with Gasteiger partial charge in [0.2, 0.25) is 0 Å². The Labute approximate surface area is 146 Å². The van der Waals surface area contributed by atoms with Crippen LogP contribution in [0.1, 0.15) is 44.2 Å². The van der Waals surface area contributed by atoms with Gasteiger partial charge >= 0.3 is 0 Å². The molecule has 0 amide bonds. The molecule has 1 atom stereocenters. The Bertz CT molecular complexity index is 585. The topological polar surface area (TPSA) is 15.3 Å². The smallest absolute Gasteiger partial charge is 0.0349 e.